The van der Waals surface area contributed by atoms with E-state index < -0.39 is 0 Å². The van der Waals surface area contributed by atoms with Crippen LogP contribution in [0.15, 0.2) is 18.2 Å². The zero-order chi connectivity index (χ0) is 14.7. The lowest BCUT2D eigenvalue weighted by Gasteiger charge is -2.37. The molecule has 3 unspecified atom stereocenters. The van der Waals surface area contributed by atoms with Gasteiger partial charge in [-0.15, -0.1) is 0 Å². The van der Waals surface area contributed by atoms with Crippen LogP contribution in [0.1, 0.15) is 56.1 Å². The Bertz CT molecular complexity index is 471. The Kier molecular flexibility index (Phi) is 4.84. The molecule has 0 spiro atoms. The first-order valence-electron chi connectivity index (χ1n) is 8.72. The van der Waals surface area contributed by atoms with E-state index in [1.807, 2.05) is 0 Å². The molecule has 116 valence electrons. The fourth-order valence-corrected chi connectivity index (χ4v) is 4.34. The van der Waals surface area contributed by atoms with Crippen LogP contribution < -0.4 is 10.1 Å². The molecule has 0 radical (unpaired) electrons. The topological polar surface area (TPSA) is 21.3 Å². The Balaban J connectivity index is 1.80. The molecule has 2 heteroatoms. The van der Waals surface area contributed by atoms with E-state index in [9.17, 15) is 0 Å². The summed E-state index contributed by atoms with van der Waals surface area (Å²) >= 11 is 0. The van der Waals surface area contributed by atoms with Crippen LogP contribution in [-0.2, 0) is 6.42 Å². The third-order valence-electron chi connectivity index (χ3n) is 5.41. The predicted octanol–water partition coefficient (Wildman–Crippen LogP) is 4.14. The van der Waals surface area contributed by atoms with Gasteiger partial charge < -0.3 is 10.1 Å². The Morgan fingerprint density at radius 2 is 2.19 bits per heavy atom. The lowest BCUT2D eigenvalue weighted by atomic mass is 9.70. The van der Waals surface area contributed by atoms with Crippen molar-refractivity contribution < 1.29 is 4.74 Å². The zero-order valence-corrected chi connectivity index (χ0v) is 13.5. The van der Waals surface area contributed by atoms with Crippen LogP contribution in [0, 0.1) is 11.8 Å². The van der Waals surface area contributed by atoms with Crippen molar-refractivity contribution >= 4 is 0 Å². The molecule has 0 bridgehead atoms. The van der Waals surface area contributed by atoms with E-state index in [1.165, 1.54) is 37.7 Å². The van der Waals surface area contributed by atoms with Crippen molar-refractivity contribution in [3.8, 4) is 5.75 Å². The molecule has 1 saturated carbocycles. The lowest BCUT2D eigenvalue weighted by molar-refractivity contribution is 0.223. The minimum absolute atomic E-state index is 0.730. The molecule has 1 aliphatic carbocycles. The first-order valence-corrected chi connectivity index (χ1v) is 8.72. The Morgan fingerprint density at radius 1 is 1.29 bits per heavy atom. The van der Waals surface area contributed by atoms with Gasteiger partial charge in [-0.2, -0.15) is 0 Å². The van der Waals surface area contributed by atoms with Crippen molar-refractivity contribution in [2.24, 2.45) is 11.8 Å². The van der Waals surface area contributed by atoms with E-state index in [-0.39, 0.29) is 0 Å². The Morgan fingerprint density at radius 3 is 3.00 bits per heavy atom. The minimum Gasteiger partial charge on any atom is -0.493 e. The highest BCUT2D eigenvalue weighted by Gasteiger charge is 2.31. The van der Waals surface area contributed by atoms with Gasteiger partial charge in [-0.1, -0.05) is 38.3 Å². The van der Waals surface area contributed by atoms with Gasteiger partial charge in [-0.25, -0.2) is 0 Å². The van der Waals surface area contributed by atoms with Crippen LogP contribution in [0.4, 0.5) is 0 Å². The molecule has 0 saturated heterocycles. The van der Waals surface area contributed by atoms with Crippen LogP contribution in [0.5, 0.6) is 5.75 Å². The van der Waals surface area contributed by atoms with Crippen LogP contribution in [0.2, 0.25) is 0 Å². The molecular weight excluding hydrogens is 258 g/mol. The molecule has 1 aromatic rings. The van der Waals surface area contributed by atoms with Gasteiger partial charge in [-0.05, 0) is 61.4 Å². The van der Waals surface area contributed by atoms with Crippen molar-refractivity contribution in [3.63, 3.8) is 0 Å². The molecule has 3 rings (SSSR count). The molecule has 1 aromatic carbocycles. The van der Waals surface area contributed by atoms with E-state index in [0.717, 1.165) is 43.1 Å². The van der Waals surface area contributed by atoms with Crippen LogP contribution in [-0.4, -0.2) is 20.2 Å². The molecule has 3 atom stereocenters. The summed E-state index contributed by atoms with van der Waals surface area (Å²) in [7, 11) is 2.09. The Labute approximate surface area is 129 Å². The normalized spacial score (nSPS) is 28.2. The zero-order valence-electron chi connectivity index (χ0n) is 13.5. The monoisotopic (exact) mass is 287 g/mol. The molecule has 21 heavy (non-hydrogen) atoms. The summed E-state index contributed by atoms with van der Waals surface area (Å²) in [5.74, 6) is 3.57. The number of rotatable bonds is 5. The number of hydrogen-bond acceptors (Lipinski definition) is 2. The number of nitrogens with one attached hydrogen (secondary N) is 1. The molecule has 2 aliphatic rings. The van der Waals surface area contributed by atoms with Gasteiger partial charge >= 0.3 is 0 Å². The summed E-state index contributed by atoms with van der Waals surface area (Å²) in [6, 6.07) is 6.97. The standard InChI is InChI=1S/C19H29NO/c1-3-4-14-5-6-17(13-20-2)18(11-14)15-7-8-19-16(12-15)9-10-21-19/h7-8,12,14,17-18,20H,3-6,9-11,13H2,1-2H3. The number of hydrogen-bond donors (Lipinski definition) is 1. The maximum Gasteiger partial charge on any atom is 0.122 e. The van der Waals surface area contributed by atoms with E-state index >= 15 is 0 Å². The average Bonchev–Trinajstić information content (AvgIpc) is 2.97. The predicted molar refractivity (Wildman–Crippen MR) is 88.0 cm³/mol. The molecule has 1 aliphatic heterocycles. The van der Waals surface area contributed by atoms with Crippen molar-refractivity contribution in [3.05, 3.63) is 29.3 Å². The average molecular weight is 287 g/mol. The van der Waals surface area contributed by atoms with Gasteiger partial charge in [0.25, 0.3) is 0 Å². The summed E-state index contributed by atoms with van der Waals surface area (Å²) < 4.78 is 5.66. The molecule has 0 amide bonds. The smallest absolute Gasteiger partial charge is 0.122 e. The van der Waals surface area contributed by atoms with Gasteiger partial charge in [0.2, 0.25) is 0 Å². The summed E-state index contributed by atoms with van der Waals surface area (Å²) in [4.78, 5) is 0. The van der Waals surface area contributed by atoms with Crippen molar-refractivity contribution in [1.29, 1.82) is 0 Å². The number of ether oxygens (including phenoxy) is 1. The van der Waals surface area contributed by atoms with Crippen molar-refractivity contribution in [2.45, 2.75) is 51.4 Å². The summed E-state index contributed by atoms with van der Waals surface area (Å²) in [5.41, 5.74) is 2.98. The summed E-state index contributed by atoms with van der Waals surface area (Å²) in [6.45, 7) is 4.33. The third-order valence-corrected chi connectivity index (χ3v) is 5.41. The highest BCUT2D eigenvalue weighted by atomic mass is 16.5. The molecule has 0 aromatic heterocycles. The van der Waals surface area contributed by atoms with Crippen molar-refractivity contribution in [2.75, 3.05) is 20.2 Å². The van der Waals surface area contributed by atoms with Crippen LogP contribution in [0.25, 0.3) is 0 Å². The second-order valence-corrected chi connectivity index (χ2v) is 6.86. The van der Waals surface area contributed by atoms with Gasteiger partial charge in [0.1, 0.15) is 5.75 Å². The maximum absolute atomic E-state index is 5.66. The summed E-state index contributed by atoms with van der Waals surface area (Å²) in [5, 5.41) is 3.41. The van der Waals surface area contributed by atoms with E-state index in [2.05, 4.69) is 37.5 Å². The number of fused-ring (bicyclic) bond motifs is 1. The van der Waals surface area contributed by atoms with Gasteiger partial charge in [0.05, 0.1) is 6.61 Å². The van der Waals surface area contributed by atoms with Crippen molar-refractivity contribution in [1.82, 2.24) is 5.32 Å². The molecule has 2 nitrogen and oxygen atoms in total. The minimum atomic E-state index is 0.730. The molecule has 1 heterocycles. The maximum atomic E-state index is 5.66. The fraction of sp³-hybridized carbons (Fsp3) is 0.684. The lowest BCUT2D eigenvalue weighted by Crippen LogP contribution is -2.30. The molecule has 1 N–H and O–H groups in total. The Hall–Kier alpha value is -1.02. The quantitative estimate of drug-likeness (QED) is 0.878. The largest absolute Gasteiger partial charge is 0.493 e. The summed E-state index contributed by atoms with van der Waals surface area (Å²) in [6.07, 6.45) is 7.99. The fourth-order valence-electron chi connectivity index (χ4n) is 4.34. The first-order chi connectivity index (χ1) is 10.3. The van der Waals surface area contributed by atoms with Gasteiger partial charge in [0, 0.05) is 6.42 Å². The van der Waals surface area contributed by atoms with Gasteiger partial charge in [0.15, 0.2) is 0 Å². The highest BCUT2D eigenvalue weighted by Crippen LogP contribution is 2.43. The molecular formula is C19H29NO. The first kappa shape index (κ1) is 14.9. The van der Waals surface area contributed by atoms with E-state index in [4.69, 9.17) is 4.74 Å². The second-order valence-electron chi connectivity index (χ2n) is 6.86. The van der Waals surface area contributed by atoms with Crippen LogP contribution in [0.3, 0.4) is 0 Å². The SMILES string of the molecule is CCCC1CCC(CNC)C(c2ccc3c(c2)CCO3)C1. The molecule has 1 fully saturated rings. The third kappa shape index (κ3) is 3.26. The van der Waals surface area contributed by atoms with Crippen LogP contribution >= 0.6 is 0 Å². The van der Waals surface area contributed by atoms with Gasteiger partial charge in [-0.3, -0.25) is 0 Å². The number of benzene rings is 1. The highest BCUT2D eigenvalue weighted by molar-refractivity contribution is 5.41. The van der Waals surface area contributed by atoms with E-state index in [1.54, 1.807) is 5.56 Å². The second kappa shape index (κ2) is 6.83. The van der Waals surface area contributed by atoms with E-state index in [0.29, 0.717) is 0 Å².